The van der Waals surface area contributed by atoms with E-state index in [2.05, 4.69) is 13.2 Å². The van der Waals surface area contributed by atoms with Crippen molar-refractivity contribution in [1.82, 2.24) is 0 Å². The van der Waals surface area contributed by atoms with Gasteiger partial charge in [0.1, 0.15) is 0 Å². The fourth-order valence-corrected chi connectivity index (χ4v) is 0. The summed E-state index contributed by atoms with van der Waals surface area (Å²) in [6.45, 7) is 8.95. The Balaban J connectivity index is -0.000000143. The van der Waals surface area contributed by atoms with Crippen molar-refractivity contribution < 1.29 is 19.8 Å². The Morgan fingerprint density at radius 2 is 1.00 bits per heavy atom. The van der Waals surface area contributed by atoms with E-state index < -0.39 is 11.9 Å². The van der Waals surface area contributed by atoms with Crippen LogP contribution in [0.1, 0.15) is 21.3 Å². The molecule has 0 saturated heterocycles. The second-order valence-electron chi connectivity index (χ2n) is 2.14. The van der Waals surface area contributed by atoms with Gasteiger partial charge in [-0.3, -0.25) is 0 Å². The molecule has 0 aromatic carbocycles. The van der Waals surface area contributed by atoms with Crippen LogP contribution in [-0.4, -0.2) is 11.9 Å². The molecule has 0 aliphatic rings. The first-order chi connectivity index (χ1) is 5.29. The molecule has 0 aromatic rings. The molecule has 0 fully saturated rings. The average molecular weight is 186 g/mol. The van der Waals surface area contributed by atoms with Crippen LogP contribution in [0.15, 0.2) is 24.3 Å². The Labute approximate surface area is 78.2 Å². The lowest BCUT2D eigenvalue weighted by atomic mass is 10.4. The second-order valence-corrected chi connectivity index (χ2v) is 2.14. The van der Waals surface area contributed by atoms with E-state index in [-0.39, 0.29) is 18.6 Å². The zero-order chi connectivity index (χ0) is 10.3. The first-order valence-electron chi connectivity index (χ1n) is 3.02. The third-order valence-corrected chi connectivity index (χ3v) is 0.697. The van der Waals surface area contributed by atoms with Crippen LogP contribution in [0.4, 0.5) is 0 Å². The average Bonchev–Trinajstić information content (AvgIpc) is 1.88. The van der Waals surface area contributed by atoms with Gasteiger partial charge in [0.15, 0.2) is 0 Å². The summed E-state index contributed by atoms with van der Waals surface area (Å²) in [5, 5.41) is 19.0. The lowest BCUT2D eigenvalue weighted by Crippen LogP contribution is -2.22. The molecule has 0 N–H and O–H groups in total. The summed E-state index contributed by atoms with van der Waals surface area (Å²) >= 11 is 0. The van der Waals surface area contributed by atoms with E-state index in [1.54, 1.807) is 0 Å². The van der Waals surface area contributed by atoms with Crippen molar-refractivity contribution in [3.8, 4) is 0 Å². The molecule has 0 aromatic heterocycles. The molecular formula is C9H14O4-2. The molecule has 13 heavy (non-hydrogen) atoms. The number of carbonyl (C=O) groups is 2. The maximum absolute atomic E-state index is 9.49. The van der Waals surface area contributed by atoms with Crippen molar-refractivity contribution >= 4 is 11.9 Å². The summed E-state index contributed by atoms with van der Waals surface area (Å²) < 4.78 is 0. The zero-order valence-corrected chi connectivity index (χ0v) is 7.05. The zero-order valence-electron chi connectivity index (χ0n) is 7.05. The van der Waals surface area contributed by atoms with Gasteiger partial charge in [0.2, 0.25) is 0 Å². The van der Waals surface area contributed by atoms with E-state index >= 15 is 0 Å². The summed E-state index contributed by atoms with van der Waals surface area (Å²) in [5.74, 6) is -2.37. The fourth-order valence-electron chi connectivity index (χ4n) is 0. The maximum Gasteiger partial charge on any atom is 0.0666 e. The Morgan fingerprint density at radius 1 is 0.923 bits per heavy atom. The number of hydrogen-bond acceptors (Lipinski definition) is 4. The highest BCUT2D eigenvalue weighted by Gasteiger charge is 1.76. The molecule has 0 saturated carbocycles. The van der Waals surface area contributed by atoms with Crippen LogP contribution in [0.3, 0.4) is 0 Å². The molecule has 4 nitrogen and oxygen atoms in total. The minimum absolute atomic E-state index is 0. The van der Waals surface area contributed by atoms with Crippen molar-refractivity contribution in [2.75, 3.05) is 0 Å². The molecule has 0 aliphatic carbocycles. The molecule has 0 rings (SSSR count). The maximum atomic E-state index is 9.49. The summed E-state index contributed by atoms with van der Waals surface area (Å²) in [6.07, 6.45) is 0. The van der Waals surface area contributed by atoms with Gasteiger partial charge >= 0.3 is 0 Å². The Bertz CT molecular complexity index is 168. The van der Waals surface area contributed by atoms with Crippen LogP contribution in [-0.2, 0) is 9.59 Å². The van der Waals surface area contributed by atoms with Gasteiger partial charge in [-0.15, -0.1) is 0 Å². The summed E-state index contributed by atoms with van der Waals surface area (Å²) in [5.41, 5.74) is 0.130. The van der Waals surface area contributed by atoms with E-state index in [9.17, 15) is 19.8 Å². The molecule has 0 heterocycles. The molecule has 76 valence electrons. The SMILES string of the molecule is C.C=C(C)C(=O)[O-].C=C(C)C(=O)[O-]. The van der Waals surface area contributed by atoms with Crippen molar-refractivity contribution in [2.24, 2.45) is 0 Å². The van der Waals surface area contributed by atoms with E-state index in [0.29, 0.717) is 0 Å². The number of hydrogen-bond donors (Lipinski definition) is 0. The predicted octanol–water partition coefficient (Wildman–Crippen LogP) is -0.739. The van der Waals surface area contributed by atoms with Gasteiger partial charge in [-0.2, -0.15) is 0 Å². The Kier molecular flexibility index (Phi) is 11.5. The molecule has 0 unspecified atom stereocenters. The number of aliphatic carboxylic acids is 2. The smallest absolute Gasteiger partial charge is 0.0666 e. The number of rotatable bonds is 2. The monoisotopic (exact) mass is 186 g/mol. The highest BCUT2D eigenvalue weighted by molar-refractivity contribution is 5.83. The summed E-state index contributed by atoms with van der Waals surface area (Å²) in [7, 11) is 0. The largest absolute Gasteiger partial charge is 0.545 e. The summed E-state index contributed by atoms with van der Waals surface area (Å²) in [4.78, 5) is 19.0. The number of carboxylic acids is 2. The van der Waals surface area contributed by atoms with Crippen LogP contribution >= 0.6 is 0 Å². The highest BCUT2D eigenvalue weighted by atomic mass is 16.4. The molecule has 0 radical (unpaired) electrons. The van der Waals surface area contributed by atoms with Gasteiger partial charge in [-0.05, 0) is 25.0 Å². The topological polar surface area (TPSA) is 80.3 Å². The van der Waals surface area contributed by atoms with Crippen LogP contribution in [0.2, 0.25) is 0 Å². The fraction of sp³-hybridized carbons (Fsp3) is 0.333. The lowest BCUT2D eigenvalue weighted by Gasteiger charge is -1.93. The minimum Gasteiger partial charge on any atom is -0.545 e. The van der Waals surface area contributed by atoms with Gasteiger partial charge in [0.05, 0.1) is 11.9 Å². The van der Waals surface area contributed by atoms with E-state index in [1.807, 2.05) is 0 Å². The lowest BCUT2D eigenvalue weighted by molar-refractivity contribution is -0.300. The van der Waals surface area contributed by atoms with Crippen LogP contribution in [0, 0.1) is 0 Å². The number of carboxylic acid groups (broad SMARTS) is 2. The molecule has 0 atom stereocenters. The second kappa shape index (κ2) is 8.52. The van der Waals surface area contributed by atoms with Crippen molar-refractivity contribution in [3.05, 3.63) is 24.3 Å². The van der Waals surface area contributed by atoms with Crippen molar-refractivity contribution in [1.29, 1.82) is 0 Å². The normalized spacial score (nSPS) is 6.92. The molecular weight excluding hydrogens is 172 g/mol. The van der Waals surface area contributed by atoms with Gasteiger partial charge in [-0.25, -0.2) is 0 Å². The molecule has 0 bridgehead atoms. The van der Waals surface area contributed by atoms with Gasteiger partial charge in [0.25, 0.3) is 0 Å². The van der Waals surface area contributed by atoms with Crippen molar-refractivity contribution in [3.63, 3.8) is 0 Å². The van der Waals surface area contributed by atoms with Gasteiger partial charge in [-0.1, -0.05) is 20.6 Å². The Hall–Kier alpha value is -1.58. The minimum atomic E-state index is -1.19. The van der Waals surface area contributed by atoms with E-state index in [4.69, 9.17) is 0 Å². The molecule has 0 aliphatic heterocycles. The first kappa shape index (κ1) is 17.5. The van der Waals surface area contributed by atoms with E-state index in [0.717, 1.165) is 0 Å². The third kappa shape index (κ3) is 17.9. The Morgan fingerprint density at radius 3 is 1.00 bits per heavy atom. The number of carbonyl (C=O) groups excluding carboxylic acids is 2. The van der Waals surface area contributed by atoms with Gasteiger partial charge in [0, 0.05) is 0 Å². The highest BCUT2D eigenvalue weighted by Crippen LogP contribution is 1.77. The predicted molar refractivity (Wildman–Crippen MR) is 46.4 cm³/mol. The summed E-state index contributed by atoms with van der Waals surface area (Å²) in [6, 6.07) is 0. The van der Waals surface area contributed by atoms with Gasteiger partial charge < -0.3 is 19.8 Å². The quantitative estimate of drug-likeness (QED) is 0.532. The van der Waals surface area contributed by atoms with Crippen LogP contribution < -0.4 is 10.2 Å². The van der Waals surface area contributed by atoms with Crippen LogP contribution in [0.25, 0.3) is 0 Å². The first-order valence-corrected chi connectivity index (χ1v) is 3.02. The molecule has 0 spiro atoms. The van der Waals surface area contributed by atoms with E-state index in [1.165, 1.54) is 13.8 Å². The van der Waals surface area contributed by atoms with Crippen molar-refractivity contribution in [2.45, 2.75) is 21.3 Å². The molecule has 0 amide bonds. The standard InChI is InChI=1S/2C4H6O2.CH4/c2*1-3(2)4(5)6;/h2*1H2,2H3,(H,5,6);1H4/p-2. The third-order valence-electron chi connectivity index (χ3n) is 0.697. The molecule has 4 heteroatoms. The van der Waals surface area contributed by atoms with Crippen LogP contribution in [0.5, 0.6) is 0 Å².